The zero-order valence-electron chi connectivity index (χ0n) is 16.8. The topological polar surface area (TPSA) is 103 Å². The molecule has 0 radical (unpaired) electrons. The van der Waals surface area contributed by atoms with E-state index in [0.717, 1.165) is 0 Å². The first kappa shape index (κ1) is 22.1. The van der Waals surface area contributed by atoms with E-state index in [1.54, 1.807) is 19.1 Å². The average Bonchev–Trinajstić information content (AvgIpc) is 2.68. The number of nitrogens with one attached hydrogen (secondary N) is 1. The minimum atomic E-state index is -3.58. The molecule has 0 spiro atoms. The lowest BCUT2D eigenvalue weighted by molar-refractivity contribution is -0.124. The molecule has 1 heterocycles. The third-order valence-corrected chi connectivity index (χ3v) is 7.09. The van der Waals surface area contributed by atoms with Gasteiger partial charge in [-0.05, 0) is 37.1 Å². The van der Waals surface area contributed by atoms with Gasteiger partial charge in [0.25, 0.3) is 0 Å². The van der Waals surface area contributed by atoms with Gasteiger partial charge in [0.1, 0.15) is 11.3 Å². The van der Waals surface area contributed by atoms with Crippen LogP contribution in [0.1, 0.15) is 20.8 Å². The Morgan fingerprint density at radius 3 is 2.29 bits per heavy atom. The molecule has 2 rings (SSSR count). The van der Waals surface area contributed by atoms with Gasteiger partial charge in [-0.25, -0.2) is 8.42 Å². The lowest BCUT2D eigenvalue weighted by atomic mass is 9.90. The number of piperazine rings is 1. The summed E-state index contributed by atoms with van der Waals surface area (Å²) in [5.74, 6) is 0.345. The summed E-state index contributed by atoms with van der Waals surface area (Å²) in [7, 11) is -2.05. The number of nitrogens with zero attached hydrogens (tertiary/aromatic N) is 3. The monoisotopic (exact) mass is 408 g/mol. The second-order valence-electron chi connectivity index (χ2n) is 7.37. The zero-order chi connectivity index (χ0) is 20.9. The third-order valence-electron chi connectivity index (χ3n) is 5.18. The van der Waals surface area contributed by atoms with Crippen LogP contribution in [0.15, 0.2) is 29.2 Å². The number of nitriles is 1. The molecule has 1 atom stereocenters. The molecule has 1 aliphatic rings. The number of sulfonamides is 1. The van der Waals surface area contributed by atoms with E-state index in [0.29, 0.717) is 31.9 Å². The molecule has 1 amide bonds. The van der Waals surface area contributed by atoms with E-state index in [-0.39, 0.29) is 23.3 Å². The molecule has 0 unspecified atom stereocenters. The van der Waals surface area contributed by atoms with E-state index in [4.69, 9.17) is 4.74 Å². The molecule has 9 heteroatoms. The molecule has 1 aromatic carbocycles. The van der Waals surface area contributed by atoms with E-state index < -0.39 is 15.6 Å². The predicted octanol–water partition coefficient (Wildman–Crippen LogP) is 1.06. The maximum absolute atomic E-state index is 12.8. The fourth-order valence-corrected chi connectivity index (χ4v) is 4.28. The molecule has 1 aromatic rings. The molecular weight excluding hydrogens is 380 g/mol. The number of methoxy groups -OCH3 is 1. The predicted molar refractivity (Wildman–Crippen MR) is 105 cm³/mol. The average molecular weight is 409 g/mol. The fraction of sp³-hybridized carbons (Fsp3) is 0.579. The third kappa shape index (κ3) is 5.01. The van der Waals surface area contributed by atoms with Crippen LogP contribution in [0.3, 0.4) is 0 Å². The molecule has 1 fully saturated rings. The van der Waals surface area contributed by atoms with Gasteiger partial charge in [-0.2, -0.15) is 9.57 Å². The van der Waals surface area contributed by atoms with Crippen LogP contribution in [-0.2, 0) is 14.8 Å². The van der Waals surface area contributed by atoms with Crippen molar-refractivity contribution in [2.45, 2.75) is 31.2 Å². The maximum atomic E-state index is 12.8. The van der Waals surface area contributed by atoms with Gasteiger partial charge in [0.15, 0.2) is 0 Å². The lowest BCUT2D eigenvalue weighted by Gasteiger charge is -2.34. The van der Waals surface area contributed by atoms with E-state index in [9.17, 15) is 18.5 Å². The van der Waals surface area contributed by atoms with Crippen LogP contribution in [0.2, 0.25) is 0 Å². The van der Waals surface area contributed by atoms with Gasteiger partial charge < -0.3 is 10.1 Å². The van der Waals surface area contributed by atoms with Gasteiger partial charge in [-0.3, -0.25) is 9.69 Å². The number of amides is 1. The molecule has 0 aromatic heterocycles. The summed E-state index contributed by atoms with van der Waals surface area (Å²) < 4.78 is 32.0. The van der Waals surface area contributed by atoms with Crippen LogP contribution in [-0.4, -0.2) is 68.9 Å². The molecule has 154 valence electrons. The highest BCUT2D eigenvalue weighted by atomic mass is 32.2. The van der Waals surface area contributed by atoms with Crippen molar-refractivity contribution in [3.05, 3.63) is 24.3 Å². The van der Waals surface area contributed by atoms with Crippen LogP contribution in [0, 0.1) is 17.2 Å². The molecule has 0 saturated carbocycles. The first-order valence-corrected chi connectivity index (χ1v) is 10.6. The normalized spacial score (nSPS) is 18.3. The van der Waals surface area contributed by atoms with Crippen LogP contribution in [0.4, 0.5) is 0 Å². The van der Waals surface area contributed by atoms with Gasteiger partial charge >= 0.3 is 0 Å². The molecule has 0 bridgehead atoms. The van der Waals surface area contributed by atoms with Gasteiger partial charge in [-0.15, -0.1) is 0 Å². The standard InChI is InChI=1S/C19H28N4O4S/c1-15(2)19(3,14-20)21-18(24)13-22-9-11-23(12-10-22)28(25,26)17-7-5-16(27-4)6-8-17/h5-8,15H,9-13H2,1-4H3,(H,21,24)/t19-/m1/s1. The molecule has 1 aliphatic heterocycles. The number of carbonyl (C=O) groups is 1. The summed E-state index contributed by atoms with van der Waals surface area (Å²) in [6.07, 6.45) is 0. The molecular formula is C19H28N4O4S. The Kier molecular flexibility index (Phi) is 7.04. The van der Waals surface area contributed by atoms with Crippen LogP contribution >= 0.6 is 0 Å². The van der Waals surface area contributed by atoms with E-state index >= 15 is 0 Å². The summed E-state index contributed by atoms with van der Waals surface area (Å²) >= 11 is 0. The highest BCUT2D eigenvalue weighted by Gasteiger charge is 2.32. The number of rotatable bonds is 7. The number of hydrogen-bond acceptors (Lipinski definition) is 6. The van der Waals surface area contributed by atoms with Crippen LogP contribution < -0.4 is 10.1 Å². The molecule has 28 heavy (non-hydrogen) atoms. The first-order chi connectivity index (χ1) is 13.1. The van der Waals surface area contributed by atoms with Crippen LogP contribution in [0.25, 0.3) is 0 Å². The smallest absolute Gasteiger partial charge is 0.243 e. The van der Waals surface area contributed by atoms with Crippen molar-refractivity contribution in [2.75, 3.05) is 39.8 Å². The van der Waals surface area contributed by atoms with Gasteiger partial charge in [-0.1, -0.05) is 13.8 Å². The Morgan fingerprint density at radius 2 is 1.82 bits per heavy atom. The summed E-state index contributed by atoms with van der Waals surface area (Å²) in [6.45, 7) is 7.12. The zero-order valence-corrected chi connectivity index (χ0v) is 17.6. The first-order valence-electron chi connectivity index (χ1n) is 9.21. The number of benzene rings is 1. The Bertz CT molecular complexity index is 824. The van der Waals surface area contributed by atoms with Crippen molar-refractivity contribution < 1.29 is 17.9 Å². The number of ether oxygens (including phenoxy) is 1. The van der Waals surface area contributed by atoms with Crippen molar-refractivity contribution >= 4 is 15.9 Å². The van der Waals surface area contributed by atoms with Gasteiger partial charge in [0.05, 0.1) is 24.6 Å². The van der Waals surface area contributed by atoms with Crippen molar-refractivity contribution in [1.82, 2.24) is 14.5 Å². The van der Waals surface area contributed by atoms with Gasteiger partial charge in [0, 0.05) is 26.2 Å². The van der Waals surface area contributed by atoms with Crippen molar-refractivity contribution in [1.29, 1.82) is 5.26 Å². The highest BCUT2D eigenvalue weighted by molar-refractivity contribution is 7.89. The molecule has 8 nitrogen and oxygen atoms in total. The van der Waals surface area contributed by atoms with Gasteiger partial charge in [0.2, 0.25) is 15.9 Å². The molecule has 1 N–H and O–H groups in total. The lowest BCUT2D eigenvalue weighted by Crippen LogP contribution is -2.55. The van der Waals surface area contributed by atoms with Crippen molar-refractivity contribution in [3.63, 3.8) is 0 Å². The summed E-state index contributed by atoms with van der Waals surface area (Å²) in [4.78, 5) is 14.4. The maximum Gasteiger partial charge on any atom is 0.243 e. The number of hydrogen-bond donors (Lipinski definition) is 1. The minimum Gasteiger partial charge on any atom is -0.497 e. The van der Waals surface area contributed by atoms with Crippen LogP contribution in [0.5, 0.6) is 5.75 Å². The van der Waals surface area contributed by atoms with E-state index in [2.05, 4.69) is 11.4 Å². The van der Waals surface area contributed by atoms with Crippen molar-refractivity contribution in [3.8, 4) is 11.8 Å². The van der Waals surface area contributed by atoms with E-state index in [1.807, 2.05) is 18.7 Å². The number of carbonyl (C=O) groups excluding carboxylic acids is 1. The second-order valence-corrected chi connectivity index (χ2v) is 9.31. The van der Waals surface area contributed by atoms with E-state index in [1.165, 1.54) is 23.5 Å². The molecule has 0 aliphatic carbocycles. The Hall–Kier alpha value is -2.15. The molecule has 1 saturated heterocycles. The second kappa shape index (κ2) is 8.90. The SMILES string of the molecule is COc1ccc(S(=O)(=O)N2CCN(CC(=O)N[C@](C)(C#N)C(C)C)CC2)cc1. The fourth-order valence-electron chi connectivity index (χ4n) is 2.86. The summed E-state index contributed by atoms with van der Waals surface area (Å²) in [6, 6.07) is 8.45. The Balaban J connectivity index is 1.93. The highest BCUT2D eigenvalue weighted by Crippen LogP contribution is 2.21. The minimum absolute atomic E-state index is 0.0204. The Morgan fingerprint density at radius 1 is 1.25 bits per heavy atom. The van der Waals surface area contributed by atoms with Crippen molar-refractivity contribution in [2.24, 2.45) is 5.92 Å². The largest absolute Gasteiger partial charge is 0.497 e. The quantitative estimate of drug-likeness (QED) is 0.724. The summed E-state index contributed by atoms with van der Waals surface area (Å²) in [5, 5.41) is 12.1. The Labute approximate surface area is 167 Å². The summed E-state index contributed by atoms with van der Waals surface area (Å²) in [5.41, 5.74) is -0.920.